The molecule has 1 saturated heterocycles. The van der Waals surface area contributed by atoms with Crippen molar-refractivity contribution in [3.63, 3.8) is 0 Å². The monoisotopic (exact) mass is 547 g/mol. The fourth-order valence-corrected chi connectivity index (χ4v) is 3.76. The smallest absolute Gasteiger partial charge is 0.194 e. The number of hydrogen-bond donors (Lipinski definition) is 2. The molecule has 32 heavy (non-hydrogen) atoms. The molecule has 0 atom stereocenters. The molecule has 8 nitrogen and oxygen atoms in total. The van der Waals surface area contributed by atoms with Crippen LogP contribution in [0.3, 0.4) is 0 Å². The van der Waals surface area contributed by atoms with Crippen LogP contribution in [-0.4, -0.2) is 63.2 Å². The highest BCUT2D eigenvalue weighted by Gasteiger charge is 2.21. The van der Waals surface area contributed by atoms with Gasteiger partial charge in [0.25, 0.3) is 0 Å². The van der Waals surface area contributed by atoms with Crippen LogP contribution in [0.15, 0.2) is 60.0 Å². The predicted octanol–water partition coefficient (Wildman–Crippen LogP) is 3.19. The molecule has 0 aliphatic carbocycles. The second-order valence-electron chi connectivity index (χ2n) is 7.50. The molecule has 2 aromatic heterocycles. The molecule has 0 amide bonds. The van der Waals surface area contributed by atoms with Crippen LogP contribution >= 0.6 is 24.0 Å². The van der Waals surface area contributed by atoms with E-state index in [4.69, 9.17) is 4.99 Å². The van der Waals surface area contributed by atoms with Crippen molar-refractivity contribution in [1.82, 2.24) is 24.8 Å². The van der Waals surface area contributed by atoms with Crippen molar-refractivity contribution >= 4 is 35.6 Å². The minimum atomic E-state index is 0. The Labute approximate surface area is 206 Å². The number of para-hydroxylation sites is 2. The first-order chi connectivity index (χ1) is 15.2. The van der Waals surface area contributed by atoms with E-state index in [-0.39, 0.29) is 24.0 Å². The lowest BCUT2D eigenvalue weighted by atomic mass is 10.2. The number of nitrogens with one attached hydrogen (secondary N) is 1. The molecular formula is C23H30IN7O. The van der Waals surface area contributed by atoms with Gasteiger partial charge in [-0.1, -0.05) is 18.2 Å². The predicted molar refractivity (Wildman–Crippen MR) is 138 cm³/mol. The number of guanidine groups is 1. The first-order valence-corrected chi connectivity index (χ1v) is 10.7. The Bertz CT molecular complexity index is 1030. The number of aliphatic imine (C=N–C) groups is 1. The average molecular weight is 547 g/mol. The minimum Gasteiger partial charge on any atom is -0.506 e. The molecule has 3 heterocycles. The van der Waals surface area contributed by atoms with Crippen LogP contribution in [0.2, 0.25) is 0 Å². The Kier molecular flexibility index (Phi) is 8.32. The van der Waals surface area contributed by atoms with Crippen LogP contribution in [0.25, 0.3) is 5.82 Å². The normalized spacial score (nSPS) is 14.2. The number of benzene rings is 1. The van der Waals surface area contributed by atoms with Gasteiger partial charge in [0.05, 0.1) is 12.2 Å². The number of rotatable bonds is 5. The van der Waals surface area contributed by atoms with Crippen molar-refractivity contribution in [1.29, 1.82) is 0 Å². The van der Waals surface area contributed by atoms with Crippen molar-refractivity contribution in [3.05, 3.63) is 66.4 Å². The summed E-state index contributed by atoms with van der Waals surface area (Å²) in [6.45, 7) is 8.78. The molecule has 1 aliphatic heterocycles. The Morgan fingerprint density at radius 3 is 2.50 bits per heavy atom. The molecule has 0 spiro atoms. The highest BCUT2D eigenvalue weighted by atomic mass is 127. The molecular weight excluding hydrogens is 517 g/mol. The summed E-state index contributed by atoms with van der Waals surface area (Å²) in [6, 6.07) is 11.6. The lowest BCUT2D eigenvalue weighted by Crippen LogP contribution is -2.52. The van der Waals surface area contributed by atoms with Gasteiger partial charge in [-0.2, -0.15) is 0 Å². The summed E-state index contributed by atoms with van der Waals surface area (Å²) in [5.41, 5.74) is 1.95. The number of nitrogens with zero attached hydrogens (tertiary/aromatic N) is 6. The van der Waals surface area contributed by atoms with Crippen molar-refractivity contribution in [2.24, 2.45) is 4.99 Å². The lowest BCUT2D eigenvalue weighted by molar-refractivity contribution is 0.369. The van der Waals surface area contributed by atoms with Gasteiger partial charge in [-0.25, -0.2) is 15.0 Å². The number of imidazole rings is 1. The SMILES string of the molecule is CCNC(=NCc1ccc(-n2ccnc2C)nc1)N1CCN(c2ccccc2O)CC1.I. The van der Waals surface area contributed by atoms with Crippen molar-refractivity contribution < 1.29 is 5.11 Å². The van der Waals surface area contributed by atoms with E-state index in [1.165, 1.54) is 0 Å². The summed E-state index contributed by atoms with van der Waals surface area (Å²) >= 11 is 0. The molecule has 0 bridgehead atoms. The number of hydrogen-bond acceptors (Lipinski definition) is 5. The highest BCUT2D eigenvalue weighted by Crippen LogP contribution is 2.27. The third-order valence-electron chi connectivity index (χ3n) is 5.43. The van der Waals surface area contributed by atoms with Crippen LogP contribution in [0, 0.1) is 6.92 Å². The molecule has 0 saturated carbocycles. The number of piperazine rings is 1. The van der Waals surface area contributed by atoms with E-state index in [0.29, 0.717) is 12.3 Å². The lowest BCUT2D eigenvalue weighted by Gasteiger charge is -2.37. The minimum absolute atomic E-state index is 0. The van der Waals surface area contributed by atoms with Gasteiger partial charge in [0.2, 0.25) is 0 Å². The highest BCUT2D eigenvalue weighted by molar-refractivity contribution is 14.0. The molecule has 170 valence electrons. The van der Waals surface area contributed by atoms with Crippen molar-refractivity contribution in [2.45, 2.75) is 20.4 Å². The van der Waals surface area contributed by atoms with Crippen LogP contribution in [0.4, 0.5) is 5.69 Å². The summed E-state index contributed by atoms with van der Waals surface area (Å²) in [6.07, 6.45) is 5.56. The molecule has 0 unspecified atom stereocenters. The molecule has 4 rings (SSSR count). The zero-order valence-corrected chi connectivity index (χ0v) is 20.8. The van der Waals surface area contributed by atoms with E-state index in [0.717, 1.165) is 61.6 Å². The summed E-state index contributed by atoms with van der Waals surface area (Å²) in [4.78, 5) is 18.1. The number of aromatic nitrogens is 3. The number of anilines is 1. The number of phenols is 1. The number of pyridine rings is 1. The van der Waals surface area contributed by atoms with Gasteiger partial charge in [-0.05, 0) is 37.6 Å². The van der Waals surface area contributed by atoms with Gasteiger partial charge in [0.15, 0.2) is 5.96 Å². The zero-order valence-electron chi connectivity index (χ0n) is 18.5. The molecule has 0 radical (unpaired) electrons. The molecule has 3 aromatic rings. The summed E-state index contributed by atoms with van der Waals surface area (Å²) in [5.74, 6) is 3.01. The number of phenolic OH excluding ortho intramolecular Hbond substituents is 1. The number of halogens is 1. The zero-order chi connectivity index (χ0) is 21.6. The number of aromatic hydroxyl groups is 1. The second-order valence-corrected chi connectivity index (χ2v) is 7.50. The van der Waals surface area contributed by atoms with E-state index in [2.05, 4.69) is 38.1 Å². The quantitative estimate of drug-likeness (QED) is 0.290. The first kappa shape index (κ1) is 23.8. The third kappa shape index (κ3) is 5.50. The summed E-state index contributed by atoms with van der Waals surface area (Å²) in [5, 5.41) is 13.5. The standard InChI is InChI=1S/C23H29N7O.HI/c1-3-24-23(29-14-12-28(13-15-29)20-6-4-5-7-21(20)31)27-17-19-8-9-22(26-16-19)30-11-10-25-18(30)2;/h4-11,16,31H,3,12-15,17H2,1-2H3,(H,24,27);1H. The molecule has 1 aromatic carbocycles. The van der Waals surface area contributed by atoms with E-state index < -0.39 is 0 Å². The topological polar surface area (TPSA) is 81.8 Å². The third-order valence-corrected chi connectivity index (χ3v) is 5.43. The fourth-order valence-electron chi connectivity index (χ4n) is 3.76. The van der Waals surface area contributed by atoms with Crippen LogP contribution in [-0.2, 0) is 6.54 Å². The Balaban J connectivity index is 0.00000289. The van der Waals surface area contributed by atoms with Gasteiger partial charge in [-0.3, -0.25) is 4.57 Å². The van der Waals surface area contributed by atoms with Crippen LogP contribution < -0.4 is 10.2 Å². The summed E-state index contributed by atoms with van der Waals surface area (Å²) < 4.78 is 1.96. The maximum absolute atomic E-state index is 10.1. The number of aryl methyl sites for hydroxylation is 1. The van der Waals surface area contributed by atoms with Gasteiger partial charge in [0, 0.05) is 51.3 Å². The molecule has 1 aliphatic rings. The molecule has 2 N–H and O–H groups in total. The van der Waals surface area contributed by atoms with E-state index in [1.807, 2.05) is 48.1 Å². The van der Waals surface area contributed by atoms with Crippen LogP contribution in [0.1, 0.15) is 18.3 Å². The van der Waals surface area contributed by atoms with Gasteiger partial charge in [-0.15, -0.1) is 24.0 Å². The second kappa shape index (κ2) is 11.2. The van der Waals surface area contributed by atoms with Gasteiger partial charge >= 0.3 is 0 Å². The Morgan fingerprint density at radius 2 is 1.88 bits per heavy atom. The molecule has 9 heteroatoms. The maximum Gasteiger partial charge on any atom is 0.194 e. The van der Waals surface area contributed by atoms with E-state index in [9.17, 15) is 5.11 Å². The fraction of sp³-hybridized carbons (Fsp3) is 0.348. The van der Waals surface area contributed by atoms with Gasteiger partial charge in [0.1, 0.15) is 17.4 Å². The average Bonchev–Trinajstić information content (AvgIpc) is 3.23. The van der Waals surface area contributed by atoms with Gasteiger partial charge < -0.3 is 20.2 Å². The molecule has 1 fully saturated rings. The Hall–Kier alpha value is -2.82. The van der Waals surface area contributed by atoms with Crippen LogP contribution in [0.5, 0.6) is 5.75 Å². The largest absolute Gasteiger partial charge is 0.506 e. The van der Waals surface area contributed by atoms with Crippen molar-refractivity contribution in [3.8, 4) is 11.6 Å². The summed E-state index contributed by atoms with van der Waals surface area (Å²) in [7, 11) is 0. The van der Waals surface area contributed by atoms with E-state index >= 15 is 0 Å². The Morgan fingerprint density at radius 1 is 1.09 bits per heavy atom. The first-order valence-electron chi connectivity index (χ1n) is 10.7. The van der Waals surface area contributed by atoms with E-state index in [1.54, 1.807) is 12.3 Å². The van der Waals surface area contributed by atoms with Crippen molar-refractivity contribution in [2.75, 3.05) is 37.6 Å². The maximum atomic E-state index is 10.1.